The topological polar surface area (TPSA) is 73.2 Å². The lowest BCUT2D eigenvalue weighted by atomic mass is 10.2. The van der Waals surface area contributed by atoms with Crippen LogP contribution < -0.4 is 9.46 Å². The highest BCUT2D eigenvalue weighted by Crippen LogP contribution is 2.28. The van der Waals surface area contributed by atoms with Gasteiger partial charge in [-0.15, -0.1) is 0 Å². The summed E-state index contributed by atoms with van der Waals surface area (Å²) in [5.41, 5.74) is 1.58. The van der Waals surface area contributed by atoms with Crippen LogP contribution in [0.3, 0.4) is 0 Å². The van der Waals surface area contributed by atoms with Gasteiger partial charge in [0.25, 0.3) is 10.0 Å². The first-order valence-corrected chi connectivity index (χ1v) is 8.74. The van der Waals surface area contributed by atoms with Crippen LogP contribution >= 0.6 is 0 Å². The van der Waals surface area contributed by atoms with Crippen molar-refractivity contribution in [2.75, 3.05) is 11.8 Å². The van der Waals surface area contributed by atoms with E-state index in [1.165, 1.54) is 18.0 Å². The molecule has 0 atom stereocenters. The Balaban J connectivity index is 2.01. The molecule has 0 aliphatic heterocycles. The zero-order valence-electron chi connectivity index (χ0n) is 13.3. The molecule has 0 bridgehead atoms. The zero-order valence-corrected chi connectivity index (χ0v) is 14.1. The van der Waals surface area contributed by atoms with Crippen LogP contribution in [0.2, 0.25) is 0 Å². The molecular formula is C17H17N3O3S. The summed E-state index contributed by atoms with van der Waals surface area (Å²) in [6.45, 7) is 0. The van der Waals surface area contributed by atoms with Gasteiger partial charge in [0, 0.05) is 24.9 Å². The predicted molar refractivity (Wildman–Crippen MR) is 92.4 cm³/mol. The van der Waals surface area contributed by atoms with Crippen LogP contribution in [0, 0.1) is 0 Å². The molecule has 24 heavy (non-hydrogen) atoms. The summed E-state index contributed by atoms with van der Waals surface area (Å²) in [5, 5.41) is 4.30. The molecule has 0 amide bonds. The van der Waals surface area contributed by atoms with Gasteiger partial charge in [0.2, 0.25) is 0 Å². The van der Waals surface area contributed by atoms with Gasteiger partial charge in [-0.2, -0.15) is 5.10 Å². The van der Waals surface area contributed by atoms with E-state index in [2.05, 4.69) is 9.82 Å². The highest BCUT2D eigenvalue weighted by Gasteiger charge is 2.23. The molecule has 0 radical (unpaired) electrons. The number of rotatable bonds is 5. The lowest BCUT2D eigenvalue weighted by molar-refractivity contribution is 0.415. The van der Waals surface area contributed by atoms with Gasteiger partial charge in [0.15, 0.2) is 0 Å². The third-order valence-electron chi connectivity index (χ3n) is 3.45. The Labute approximate surface area is 140 Å². The predicted octanol–water partition coefficient (Wildman–Crippen LogP) is 2.90. The number of benzene rings is 2. The number of hydrogen-bond acceptors (Lipinski definition) is 4. The van der Waals surface area contributed by atoms with Crippen LogP contribution in [-0.2, 0) is 17.1 Å². The highest BCUT2D eigenvalue weighted by atomic mass is 32.2. The second kappa shape index (κ2) is 6.37. The van der Waals surface area contributed by atoms with Crippen LogP contribution in [-0.4, -0.2) is 25.3 Å². The Hall–Kier alpha value is -2.80. The van der Waals surface area contributed by atoms with Gasteiger partial charge >= 0.3 is 0 Å². The number of aromatic nitrogens is 2. The molecule has 0 aliphatic carbocycles. The molecule has 1 N–H and O–H groups in total. The van der Waals surface area contributed by atoms with E-state index in [1.54, 1.807) is 31.3 Å². The van der Waals surface area contributed by atoms with E-state index in [4.69, 9.17) is 4.74 Å². The van der Waals surface area contributed by atoms with Crippen molar-refractivity contribution in [1.82, 2.24) is 9.78 Å². The van der Waals surface area contributed by atoms with Crippen LogP contribution in [0.5, 0.6) is 5.75 Å². The fourth-order valence-corrected chi connectivity index (χ4v) is 3.61. The van der Waals surface area contributed by atoms with Crippen molar-refractivity contribution in [1.29, 1.82) is 0 Å². The number of ether oxygens (including phenoxy) is 1. The van der Waals surface area contributed by atoms with Crippen molar-refractivity contribution < 1.29 is 13.2 Å². The van der Waals surface area contributed by atoms with Gasteiger partial charge in [-0.1, -0.05) is 36.4 Å². The Morgan fingerprint density at radius 1 is 1.08 bits per heavy atom. The Kier molecular flexibility index (Phi) is 4.26. The van der Waals surface area contributed by atoms with Crippen molar-refractivity contribution in [2.45, 2.75) is 4.90 Å². The SMILES string of the molecule is COc1cccc(NS(=O)(=O)c2cn(C)nc2-c2ccccc2)c1. The number of aryl methyl sites for hydroxylation is 1. The van der Waals surface area contributed by atoms with Gasteiger partial charge in [0.1, 0.15) is 16.3 Å². The molecule has 6 nitrogen and oxygen atoms in total. The maximum absolute atomic E-state index is 12.8. The molecule has 0 saturated heterocycles. The summed E-state index contributed by atoms with van der Waals surface area (Å²) in [6.07, 6.45) is 1.49. The minimum absolute atomic E-state index is 0.124. The van der Waals surface area contributed by atoms with Crippen molar-refractivity contribution >= 4 is 15.7 Å². The van der Waals surface area contributed by atoms with Crippen LogP contribution in [0.1, 0.15) is 0 Å². The van der Waals surface area contributed by atoms with E-state index in [0.29, 0.717) is 17.1 Å². The van der Waals surface area contributed by atoms with E-state index in [0.717, 1.165) is 5.56 Å². The summed E-state index contributed by atoms with van der Waals surface area (Å²) < 4.78 is 34.8. The Morgan fingerprint density at radius 3 is 2.54 bits per heavy atom. The summed E-state index contributed by atoms with van der Waals surface area (Å²) in [5.74, 6) is 0.574. The van der Waals surface area contributed by atoms with Crippen LogP contribution in [0.25, 0.3) is 11.3 Å². The maximum Gasteiger partial charge on any atom is 0.265 e. The standard InChI is InChI=1S/C17H17N3O3S/c1-20-12-16(17(18-20)13-7-4-3-5-8-13)24(21,22)19-14-9-6-10-15(11-14)23-2/h3-12,19H,1-2H3. The molecule has 1 heterocycles. The van der Waals surface area contributed by atoms with E-state index >= 15 is 0 Å². The minimum Gasteiger partial charge on any atom is -0.497 e. The Morgan fingerprint density at radius 2 is 1.83 bits per heavy atom. The highest BCUT2D eigenvalue weighted by molar-refractivity contribution is 7.92. The lowest BCUT2D eigenvalue weighted by Crippen LogP contribution is -2.13. The number of anilines is 1. The molecule has 3 aromatic rings. The lowest BCUT2D eigenvalue weighted by Gasteiger charge is -2.09. The van der Waals surface area contributed by atoms with Crippen molar-refractivity contribution in [3.05, 3.63) is 60.8 Å². The first kappa shape index (κ1) is 16.1. The van der Waals surface area contributed by atoms with E-state index in [1.807, 2.05) is 30.3 Å². The molecule has 7 heteroatoms. The van der Waals surface area contributed by atoms with Gasteiger partial charge in [-0.3, -0.25) is 9.40 Å². The summed E-state index contributed by atoms with van der Waals surface area (Å²) in [6, 6.07) is 16.0. The average Bonchev–Trinajstić information content (AvgIpc) is 2.98. The summed E-state index contributed by atoms with van der Waals surface area (Å²) in [4.78, 5) is 0.124. The number of nitrogens with one attached hydrogen (secondary N) is 1. The average molecular weight is 343 g/mol. The molecule has 0 saturated carbocycles. The molecule has 0 spiro atoms. The molecular weight excluding hydrogens is 326 g/mol. The Bertz CT molecular complexity index is 950. The van der Waals surface area contributed by atoms with Crippen LogP contribution in [0.15, 0.2) is 65.7 Å². The molecule has 1 aromatic heterocycles. The van der Waals surface area contributed by atoms with Gasteiger partial charge < -0.3 is 4.74 Å². The third-order valence-corrected chi connectivity index (χ3v) is 4.84. The molecule has 0 aliphatic rings. The van der Waals surface area contributed by atoms with Crippen molar-refractivity contribution in [3.63, 3.8) is 0 Å². The normalized spacial score (nSPS) is 11.2. The number of methoxy groups -OCH3 is 1. The zero-order chi connectivity index (χ0) is 17.2. The molecule has 2 aromatic carbocycles. The van der Waals surface area contributed by atoms with Crippen molar-refractivity contribution in [3.8, 4) is 17.0 Å². The number of nitrogens with zero attached hydrogens (tertiary/aromatic N) is 2. The fraction of sp³-hybridized carbons (Fsp3) is 0.118. The first-order chi connectivity index (χ1) is 11.5. The van der Waals surface area contributed by atoms with Gasteiger partial charge in [-0.05, 0) is 12.1 Å². The largest absolute Gasteiger partial charge is 0.497 e. The number of hydrogen-bond donors (Lipinski definition) is 1. The quantitative estimate of drug-likeness (QED) is 0.773. The smallest absolute Gasteiger partial charge is 0.265 e. The molecule has 3 rings (SSSR count). The first-order valence-electron chi connectivity index (χ1n) is 7.25. The monoisotopic (exact) mass is 343 g/mol. The minimum atomic E-state index is -3.79. The summed E-state index contributed by atoms with van der Waals surface area (Å²) >= 11 is 0. The van der Waals surface area contributed by atoms with Crippen molar-refractivity contribution in [2.24, 2.45) is 7.05 Å². The van der Waals surface area contributed by atoms with Crippen LogP contribution in [0.4, 0.5) is 5.69 Å². The molecule has 0 unspecified atom stereocenters. The van der Waals surface area contributed by atoms with Gasteiger partial charge in [0.05, 0.1) is 12.8 Å². The van der Waals surface area contributed by atoms with E-state index in [-0.39, 0.29) is 4.90 Å². The molecule has 124 valence electrons. The number of sulfonamides is 1. The van der Waals surface area contributed by atoms with Gasteiger partial charge in [-0.25, -0.2) is 8.42 Å². The second-order valence-corrected chi connectivity index (χ2v) is 6.87. The fourth-order valence-electron chi connectivity index (χ4n) is 2.36. The summed E-state index contributed by atoms with van der Waals surface area (Å²) in [7, 11) is -0.564. The molecule has 0 fully saturated rings. The second-order valence-electron chi connectivity index (χ2n) is 5.22. The third kappa shape index (κ3) is 3.26. The van der Waals surface area contributed by atoms with E-state index < -0.39 is 10.0 Å². The van der Waals surface area contributed by atoms with E-state index in [9.17, 15) is 8.42 Å². The maximum atomic E-state index is 12.8.